The van der Waals surface area contributed by atoms with Crippen LogP contribution in [0.5, 0.6) is 34.5 Å². The lowest BCUT2D eigenvalue weighted by atomic mass is 9.91. The van der Waals surface area contributed by atoms with Crippen LogP contribution in [0.4, 0.5) is 0 Å². The lowest BCUT2D eigenvalue weighted by Gasteiger charge is -2.23. The first-order valence-electron chi connectivity index (χ1n) is 44.7. The summed E-state index contributed by atoms with van der Waals surface area (Å²) in [5, 5.41) is 0. The number of benzene rings is 12. The second-order valence-electron chi connectivity index (χ2n) is 33.6. The summed E-state index contributed by atoms with van der Waals surface area (Å²) in [7, 11) is 0. The van der Waals surface area contributed by atoms with Gasteiger partial charge in [0.15, 0.2) is 0 Å². The minimum Gasteiger partial charge on any atom is -0.493 e. The predicted molar refractivity (Wildman–Crippen MR) is 487 cm³/mol. The highest BCUT2D eigenvalue weighted by Crippen LogP contribution is 2.43. The van der Waals surface area contributed by atoms with E-state index in [0.29, 0.717) is 101 Å². The smallest absolute Gasteiger partial charge is 0.261 e. The Kier molecular flexibility index (Phi) is 24.4. The Morgan fingerprint density at radius 3 is 0.364 bits per heavy atom. The Hall–Kier alpha value is -15.7. The zero-order chi connectivity index (χ0) is 90.6. The van der Waals surface area contributed by atoms with Crippen LogP contribution in [0.15, 0.2) is 255 Å². The fourth-order valence-electron chi connectivity index (χ4n) is 18.9. The van der Waals surface area contributed by atoms with Crippen LogP contribution in [0.2, 0.25) is 0 Å². The Balaban J connectivity index is 0.731. The predicted octanol–water partition coefficient (Wildman–Crippen LogP) is 15.9. The molecule has 0 fully saturated rings. The fourth-order valence-corrected chi connectivity index (χ4v) is 18.9. The van der Waals surface area contributed by atoms with Gasteiger partial charge in [0, 0.05) is 77.8 Å². The maximum Gasteiger partial charge on any atom is 0.261 e. The molecular weight excluding hydrogens is 1670 g/mol. The maximum atomic E-state index is 13.9. The van der Waals surface area contributed by atoms with Crippen molar-refractivity contribution in [2.24, 2.45) is 0 Å². The molecule has 24 nitrogen and oxygen atoms in total. The van der Waals surface area contributed by atoms with Gasteiger partial charge in [-0.15, -0.1) is 0 Å². The molecule has 24 heteroatoms. The van der Waals surface area contributed by atoms with Crippen LogP contribution in [0.1, 0.15) is 230 Å². The first-order valence-corrected chi connectivity index (χ1v) is 44.7. The van der Waals surface area contributed by atoms with Crippen molar-refractivity contribution in [2.45, 2.75) is 77.0 Å². The van der Waals surface area contributed by atoms with Gasteiger partial charge >= 0.3 is 0 Å². The van der Waals surface area contributed by atoms with E-state index >= 15 is 0 Å². The van der Waals surface area contributed by atoms with Crippen molar-refractivity contribution in [3.8, 4) is 34.5 Å². The van der Waals surface area contributed by atoms with E-state index in [1.165, 1.54) is 29.4 Å². The third-order valence-corrected chi connectivity index (χ3v) is 25.3. The number of carbonyl (C=O) groups excluding carboxylic acids is 12. The lowest BCUT2D eigenvalue weighted by Crippen LogP contribution is -2.31. The molecule has 0 aromatic heterocycles. The Bertz CT molecular complexity index is 5390. The number of ether oxygens (including phenoxy) is 6. The average molecular weight is 1760 g/mol. The summed E-state index contributed by atoms with van der Waals surface area (Å²) in [5.74, 6) is -1.78. The van der Waals surface area contributed by atoms with Gasteiger partial charge in [-0.3, -0.25) is 86.9 Å². The zero-order valence-corrected chi connectivity index (χ0v) is 72.3. The van der Waals surface area contributed by atoms with Crippen molar-refractivity contribution in [2.75, 3.05) is 78.9 Å². The molecule has 12 aromatic rings. The van der Waals surface area contributed by atoms with Gasteiger partial charge in [0.25, 0.3) is 70.9 Å². The van der Waals surface area contributed by atoms with Gasteiger partial charge in [0.1, 0.15) is 34.5 Å². The standard InChI is InChI=1S/C108H90N6O18/c115-97-79-37-1-2-38-80(79)98(116)109(97)49-19-55-127-91-67-25-13-26-68(91)62-70-28-15-30-72(93(70)129-57-21-51-111-101(119)83-41-5-6-42-84(83)102(111)120)64-74-32-17-34-76(95(74)131-59-23-53-113-105(123)87-45-9-10-46-88(87)106(113)124)66-78-36-18-35-77(96(78)132-60-24-54-114-107(125)89-47-11-12-48-90(89)108(114)126)65-75-33-16-31-73(94(75)130-58-22-52-112-103(121)85-43-7-8-44-86(85)104(112)122)63-71-29-14-27-69(61-67)92(71)128-56-20-50-110-99(117)81-39-3-4-40-82(81)100(110)118/h1-18,25-48H,19-24,49-66H2. The van der Waals surface area contributed by atoms with E-state index in [2.05, 4.69) is 0 Å². The second kappa shape index (κ2) is 37.5. The highest BCUT2D eigenvalue weighted by molar-refractivity contribution is 6.25. The number of rotatable bonds is 30. The van der Waals surface area contributed by atoms with E-state index in [0.717, 1.165) is 66.8 Å². The topological polar surface area (TPSA) is 280 Å². The number of hydrogen-bond acceptors (Lipinski definition) is 18. The number of carbonyl (C=O) groups is 12. The summed E-state index contributed by atoms with van der Waals surface area (Å²) in [6.45, 7) is 0.578. The van der Waals surface area contributed by atoms with Gasteiger partial charge in [-0.2, -0.15) is 0 Å². The van der Waals surface area contributed by atoms with Crippen LogP contribution in [-0.2, 0) is 38.5 Å². The summed E-state index contributed by atoms with van der Waals surface area (Å²) in [5.41, 5.74) is 12.6. The maximum absolute atomic E-state index is 13.9. The number of para-hydroxylation sites is 6. The summed E-state index contributed by atoms with van der Waals surface area (Å²) in [4.78, 5) is 174. The van der Waals surface area contributed by atoms with E-state index in [9.17, 15) is 57.5 Å². The number of nitrogens with zero attached hydrogens (tertiary/aromatic N) is 6. The molecule has 0 unspecified atom stereocenters. The van der Waals surface area contributed by atoms with Crippen LogP contribution in [0.3, 0.4) is 0 Å². The summed E-state index contributed by atoms with van der Waals surface area (Å²) in [6.07, 6.45) is 2.62. The molecule has 19 rings (SSSR count). The molecular formula is C108H90N6O18. The number of fused-ring (bicyclic) bond motifs is 18. The van der Waals surface area contributed by atoms with E-state index in [4.69, 9.17) is 28.4 Å². The van der Waals surface area contributed by atoms with Gasteiger partial charge in [-0.25, -0.2) is 0 Å². The molecule has 0 spiro atoms. The zero-order valence-electron chi connectivity index (χ0n) is 72.3. The van der Waals surface area contributed by atoms with Crippen LogP contribution in [0, 0.1) is 0 Å². The lowest BCUT2D eigenvalue weighted by molar-refractivity contribution is 0.0630. The Labute approximate surface area is 760 Å². The molecule has 7 aliphatic rings. The molecule has 132 heavy (non-hydrogen) atoms. The van der Waals surface area contributed by atoms with E-state index in [-0.39, 0.29) is 156 Å². The SMILES string of the molecule is O=C1c2ccccc2C(=O)N1CCCOc1c2cccc1Cc1cccc(c1OCCCN1C(=O)c3ccccc3C1=O)Cc1cccc(c1OCCCN1C(=O)c3ccccc3C1=O)Cc1cccc(c1OCCCN1C(=O)c3ccccc3C1=O)Cc1cccc(c1OCCCN1C(=O)c3ccccc3C1=O)Cc1cccc(c1OCCCN1C(=O)c3ccccc3C1=O)C2. The Morgan fingerprint density at radius 1 is 0.152 bits per heavy atom. The van der Waals surface area contributed by atoms with Crippen molar-refractivity contribution in [1.82, 2.24) is 29.4 Å². The third-order valence-electron chi connectivity index (χ3n) is 25.3. The molecule has 6 heterocycles. The summed E-state index contributed by atoms with van der Waals surface area (Å²) < 4.78 is 42.9. The van der Waals surface area contributed by atoms with Gasteiger partial charge in [0.05, 0.1) is 106 Å². The fraction of sp³-hybridized carbons (Fsp3) is 0.222. The first kappa shape index (κ1) is 85.7. The minimum absolute atomic E-state index is 0.0462. The van der Waals surface area contributed by atoms with Gasteiger partial charge in [0.2, 0.25) is 0 Å². The molecule has 12 amide bonds. The molecule has 12 aromatic carbocycles. The number of amides is 12. The van der Waals surface area contributed by atoms with Gasteiger partial charge in [-0.05, 0) is 178 Å². The summed E-state index contributed by atoms with van der Waals surface area (Å²) in [6, 6.07) is 75.9. The van der Waals surface area contributed by atoms with Crippen LogP contribution >= 0.6 is 0 Å². The molecule has 1 aliphatic carbocycles. The number of imide groups is 6. The monoisotopic (exact) mass is 1760 g/mol. The first-order chi connectivity index (χ1) is 64.5. The van der Waals surface area contributed by atoms with Crippen LogP contribution in [0.25, 0.3) is 0 Å². The normalized spacial score (nSPS) is 14.8. The van der Waals surface area contributed by atoms with Gasteiger partial charge < -0.3 is 28.4 Å². The largest absolute Gasteiger partial charge is 0.493 e. The average Bonchev–Trinajstić information content (AvgIpc) is 1.60. The minimum atomic E-state index is -0.399. The molecule has 12 bridgehead atoms. The van der Waals surface area contributed by atoms with Crippen LogP contribution < -0.4 is 28.4 Å². The van der Waals surface area contributed by atoms with E-state index < -0.39 is 70.9 Å². The van der Waals surface area contributed by atoms with E-state index in [1.807, 2.05) is 109 Å². The Morgan fingerprint density at radius 2 is 0.258 bits per heavy atom. The molecule has 0 N–H and O–H groups in total. The van der Waals surface area contributed by atoms with E-state index in [1.54, 1.807) is 146 Å². The summed E-state index contributed by atoms with van der Waals surface area (Å²) >= 11 is 0. The second-order valence-corrected chi connectivity index (χ2v) is 33.6. The molecule has 660 valence electrons. The third kappa shape index (κ3) is 16.7. The number of hydrogen-bond donors (Lipinski definition) is 0. The molecule has 0 atom stereocenters. The van der Waals surface area contributed by atoms with Crippen LogP contribution in [-0.4, -0.2) is 179 Å². The highest BCUT2D eigenvalue weighted by atomic mass is 16.5. The van der Waals surface area contributed by atoms with Crippen molar-refractivity contribution >= 4 is 70.9 Å². The van der Waals surface area contributed by atoms with Crippen molar-refractivity contribution in [3.63, 3.8) is 0 Å². The van der Waals surface area contributed by atoms with Crippen molar-refractivity contribution < 1.29 is 86.0 Å². The van der Waals surface area contributed by atoms with Gasteiger partial charge in [-0.1, -0.05) is 182 Å². The highest BCUT2D eigenvalue weighted by Gasteiger charge is 2.41. The van der Waals surface area contributed by atoms with Crippen molar-refractivity contribution in [1.29, 1.82) is 0 Å². The molecule has 6 aliphatic heterocycles. The quantitative estimate of drug-likeness (QED) is 0.0299. The molecule has 0 saturated heterocycles. The molecule has 0 saturated carbocycles. The molecule has 0 radical (unpaired) electrons. The van der Waals surface area contributed by atoms with Crippen molar-refractivity contribution in [3.05, 3.63) is 388 Å².